The number of methoxy groups -OCH3 is 2. The van der Waals surface area contributed by atoms with Gasteiger partial charge in [-0.1, -0.05) is 19.1 Å². The first-order valence-corrected chi connectivity index (χ1v) is 7.99. The van der Waals surface area contributed by atoms with E-state index in [4.69, 9.17) is 9.47 Å². The van der Waals surface area contributed by atoms with E-state index in [1.807, 2.05) is 44.2 Å². The Kier molecular flexibility index (Phi) is 6.32. The van der Waals surface area contributed by atoms with Crippen LogP contribution in [-0.2, 0) is 4.74 Å². The van der Waals surface area contributed by atoms with E-state index in [0.29, 0.717) is 18.1 Å². The summed E-state index contributed by atoms with van der Waals surface area (Å²) in [5, 5.41) is 2.98. The fraction of sp³-hybridized carbons (Fsp3) is 0.368. The van der Waals surface area contributed by atoms with Gasteiger partial charge in [-0.25, -0.2) is 4.98 Å². The van der Waals surface area contributed by atoms with E-state index < -0.39 is 0 Å². The highest BCUT2D eigenvalue weighted by molar-refractivity contribution is 5.94. The minimum Gasteiger partial charge on any atom is -0.481 e. The molecule has 1 N–H and O–H groups in total. The number of nitrogens with zero attached hydrogens (tertiary/aromatic N) is 1. The summed E-state index contributed by atoms with van der Waals surface area (Å²) < 4.78 is 10.2. The maximum Gasteiger partial charge on any atom is 0.251 e. The molecule has 0 saturated carbocycles. The highest BCUT2D eigenvalue weighted by atomic mass is 16.5. The molecule has 1 amide bonds. The van der Waals surface area contributed by atoms with Crippen LogP contribution < -0.4 is 10.1 Å². The van der Waals surface area contributed by atoms with Gasteiger partial charge in [0.1, 0.15) is 0 Å². The maximum absolute atomic E-state index is 12.3. The van der Waals surface area contributed by atoms with Gasteiger partial charge in [-0.15, -0.1) is 0 Å². The van der Waals surface area contributed by atoms with Gasteiger partial charge < -0.3 is 14.8 Å². The summed E-state index contributed by atoms with van der Waals surface area (Å²) >= 11 is 0. The van der Waals surface area contributed by atoms with E-state index in [9.17, 15) is 4.79 Å². The van der Waals surface area contributed by atoms with Crippen molar-refractivity contribution < 1.29 is 14.3 Å². The van der Waals surface area contributed by atoms with E-state index in [2.05, 4.69) is 10.3 Å². The van der Waals surface area contributed by atoms with E-state index in [1.165, 1.54) is 0 Å². The number of benzene rings is 1. The minimum atomic E-state index is -0.0879. The minimum absolute atomic E-state index is 0.0233. The molecule has 2 aromatic rings. The van der Waals surface area contributed by atoms with Gasteiger partial charge in [0, 0.05) is 30.5 Å². The Hall–Kier alpha value is -2.40. The molecule has 0 aliphatic heterocycles. The third kappa shape index (κ3) is 4.32. The molecular weight excluding hydrogens is 304 g/mol. The molecule has 2 rings (SSSR count). The Balaban J connectivity index is 2.14. The topological polar surface area (TPSA) is 60.5 Å². The van der Waals surface area contributed by atoms with Gasteiger partial charge in [-0.05, 0) is 36.6 Å². The molecule has 1 heterocycles. The molecule has 0 aliphatic carbocycles. The number of aromatic nitrogens is 1. The van der Waals surface area contributed by atoms with Crippen molar-refractivity contribution in [3.05, 3.63) is 47.7 Å². The van der Waals surface area contributed by atoms with Crippen molar-refractivity contribution in [2.45, 2.75) is 26.3 Å². The first-order valence-electron chi connectivity index (χ1n) is 7.99. The van der Waals surface area contributed by atoms with Crippen LogP contribution in [0.15, 0.2) is 36.5 Å². The lowest BCUT2D eigenvalue weighted by Gasteiger charge is -2.16. The molecule has 5 heteroatoms. The van der Waals surface area contributed by atoms with Crippen LogP contribution in [0.5, 0.6) is 5.88 Å². The van der Waals surface area contributed by atoms with Gasteiger partial charge in [0.25, 0.3) is 5.91 Å². The predicted molar refractivity (Wildman–Crippen MR) is 94.4 cm³/mol. The van der Waals surface area contributed by atoms with Crippen LogP contribution >= 0.6 is 0 Å². The molecular formula is C19H24N2O3. The maximum atomic E-state index is 12.3. The highest BCUT2D eigenvalue weighted by Crippen LogP contribution is 2.25. The summed E-state index contributed by atoms with van der Waals surface area (Å²) in [6, 6.07) is 9.44. The number of hydrogen-bond acceptors (Lipinski definition) is 4. The number of hydrogen-bond donors (Lipinski definition) is 1. The highest BCUT2D eigenvalue weighted by Gasteiger charge is 2.12. The van der Waals surface area contributed by atoms with Crippen LogP contribution in [-0.4, -0.2) is 37.8 Å². The third-order valence-electron chi connectivity index (χ3n) is 3.95. The van der Waals surface area contributed by atoms with Gasteiger partial charge in [-0.3, -0.25) is 4.79 Å². The Morgan fingerprint density at radius 3 is 2.50 bits per heavy atom. The summed E-state index contributed by atoms with van der Waals surface area (Å²) in [5.41, 5.74) is 3.74. The average Bonchev–Trinajstić information content (AvgIpc) is 2.61. The normalized spacial score (nSPS) is 11.8. The largest absolute Gasteiger partial charge is 0.481 e. The number of ether oxygens (including phenoxy) is 2. The van der Waals surface area contributed by atoms with Gasteiger partial charge in [-0.2, -0.15) is 0 Å². The first-order chi connectivity index (χ1) is 11.6. The second kappa shape index (κ2) is 8.45. The third-order valence-corrected chi connectivity index (χ3v) is 3.95. The molecule has 0 saturated heterocycles. The number of carbonyl (C=O) groups excluding carboxylic acids is 1. The lowest BCUT2D eigenvalue weighted by Crippen LogP contribution is -2.37. The molecule has 0 fully saturated rings. The lowest BCUT2D eigenvalue weighted by molar-refractivity contribution is 0.0894. The molecule has 24 heavy (non-hydrogen) atoms. The predicted octanol–water partition coefficient (Wildman–Crippen LogP) is 3.22. The smallest absolute Gasteiger partial charge is 0.251 e. The summed E-state index contributed by atoms with van der Waals surface area (Å²) in [7, 11) is 3.23. The van der Waals surface area contributed by atoms with Crippen molar-refractivity contribution in [3.8, 4) is 17.0 Å². The first kappa shape index (κ1) is 17.9. The van der Waals surface area contributed by atoms with Crippen LogP contribution in [0.2, 0.25) is 0 Å². The van der Waals surface area contributed by atoms with Crippen molar-refractivity contribution in [2.24, 2.45) is 0 Å². The van der Waals surface area contributed by atoms with E-state index in [1.54, 1.807) is 20.4 Å². The zero-order valence-corrected chi connectivity index (χ0v) is 14.6. The molecule has 0 bridgehead atoms. The van der Waals surface area contributed by atoms with Crippen LogP contribution in [0.25, 0.3) is 11.1 Å². The molecule has 128 valence electrons. The number of aryl methyl sites for hydroxylation is 1. The van der Waals surface area contributed by atoms with Crippen LogP contribution in [0.3, 0.4) is 0 Å². The monoisotopic (exact) mass is 328 g/mol. The molecule has 0 aliphatic rings. The molecule has 0 radical (unpaired) electrons. The van der Waals surface area contributed by atoms with E-state index in [-0.39, 0.29) is 11.9 Å². The van der Waals surface area contributed by atoms with Crippen LogP contribution in [0.1, 0.15) is 29.3 Å². The quantitative estimate of drug-likeness (QED) is 0.848. The SMILES string of the molecule is CC[C@H](COC)NC(=O)c1ccc(-c2cnc(OC)cc2C)cc1. The van der Waals surface area contributed by atoms with Gasteiger partial charge in [0.05, 0.1) is 19.8 Å². The molecule has 1 atom stereocenters. The second-order valence-electron chi connectivity index (χ2n) is 5.65. The molecule has 5 nitrogen and oxygen atoms in total. The molecule has 1 aromatic heterocycles. The molecule has 0 unspecified atom stereocenters. The Morgan fingerprint density at radius 1 is 1.25 bits per heavy atom. The number of rotatable bonds is 7. The van der Waals surface area contributed by atoms with Crippen molar-refractivity contribution in [1.29, 1.82) is 0 Å². The standard InChI is InChI=1S/C19H24N2O3/c1-5-16(12-23-3)21-19(22)15-8-6-14(7-9-15)17-11-20-18(24-4)10-13(17)2/h6-11,16H,5,12H2,1-4H3,(H,21,22)/t16-/m1/s1. The van der Waals surface area contributed by atoms with Crippen molar-refractivity contribution >= 4 is 5.91 Å². The number of pyridine rings is 1. The van der Waals surface area contributed by atoms with Gasteiger partial charge in [0.2, 0.25) is 5.88 Å². The van der Waals surface area contributed by atoms with Gasteiger partial charge >= 0.3 is 0 Å². The van der Waals surface area contributed by atoms with Crippen LogP contribution in [0, 0.1) is 6.92 Å². The number of nitrogens with one attached hydrogen (secondary N) is 1. The second-order valence-corrected chi connectivity index (χ2v) is 5.65. The fourth-order valence-electron chi connectivity index (χ4n) is 2.48. The zero-order chi connectivity index (χ0) is 17.5. The van der Waals surface area contributed by atoms with Crippen LogP contribution in [0.4, 0.5) is 0 Å². The summed E-state index contributed by atoms with van der Waals surface area (Å²) in [5.74, 6) is 0.506. The number of amides is 1. The van der Waals surface area contributed by atoms with Crippen molar-refractivity contribution in [1.82, 2.24) is 10.3 Å². The fourth-order valence-corrected chi connectivity index (χ4v) is 2.48. The van der Waals surface area contributed by atoms with E-state index in [0.717, 1.165) is 23.1 Å². The van der Waals surface area contributed by atoms with Crippen molar-refractivity contribution in [3.63, 3.8) is 0 Å². The average molecular weight is 328 g/mol. The summed E-state index contributed by atoms with van der Waals surface area (Å²) in [6.07, 6.45) is 2.61. The Labute approximate surface area is 143 Å². The van der Waals surface area contributed by atoms with Gasteiger partial charge in [0.15, 0.2) is 0 Å². The molecule has 1 aromatic carbocycles. The lowest BCUT2D eigenvalue weighted by atomic mass is 10.0. The van der Waals surface area contributed by atoms with E-state index >= 15 is 0 Å². The van der Waals surface area contributed by atoms with Crippen molar-refractivity contribution in [2.75, 3.05) is 20.8 Å². The Morgan fingerprint density at radius 2 is 1.96 bits per heavy atom. The summed E-state index contributed by atoms with van der Waals surface area (Å²) in [4.78, 5) is 16.5. The molecule has 0 spiro atoms. The number of carbonyl (C=O) groups is 1. The Bertz CT molecular complexity index is 684. The zero-order valence-electron chi connectivity index (χ0n) is 14.6. The summed E-state index contributed by atoms with van der Waals surface area (Å²) in [6.45, 7) is 4.54.